The van der Waals surface area contributed by atoms with Crippen LogP contribution in [0.4, 0.5) is 5.69 Å². The van der Waals surface area contributed by atoms with Crippen LogP contribution in [0.3, 0.4) is 0 Å². The minimum atomic E-state index is -0.104. The van der Waals surface area contributed by atoms with Crippen molar-refractivity contribution in [2.24, 2.45) is 0 Å². The van der Waals surface area contributed by atoms with Crippen molar-refractivity contribution >= 4 is 33.3 Å². The average Bonchev–Trinajstić information content (AvgIpc) is 2.03. The summed E-state index contributed by atoms with van der Waals surface area (Å²) in [6.45, 7) is 3.35. The van der Waals surface area contributed by atoms with Crippen LogP contribution in [0.15, 0.2) is 17.3 Å². The molecule has 0 aliphatic heterocycles. The number of amides is 1. The zero-order chi connectivity index (χ0) is 9.84. The van der Waals surface area contributed by atoms with Crippen LogP contribution in [0.2, 0.25) is 0 Å². The third kappa shape index (κ3) is 2.90. The number of carbonyl (C=O) groups is 1. The summed E-state index contributed by atoms with van der Waals surface area (Å²) in [5.74, 6) is -0.104. The second-order valence-electron chi connectivity index (χ2n) is 2.60. The van der Waals surface area contributed by atoms with Gasteiger partial charge in [0.2, 0.25) is 5.91 Å². The molecule has 1 aromatic heterocycles. The van der Waals surface area contributed by atoms with Crippen molar-refractivity contribution in [3.05, 3.63) is 17.8 Å². The smallest absolute Gasteiger partial charge is 0.221 e. The molecular weight excluding hydrogens is 208 g/mol. The van der Waals surface area contributed by atoms with E-state index >= 15 is 0 Å². The van der Waals surface area contributed by atoms with E-state index in [1.54, 1.807) is 6.20 Å². The molecule has 1 rings (SSSR count). The number of nitrogens with zero attached hydrogens (tertiary/aromatic N) is 1. The molecule has 0 saturated carbocycles. The predicted octanol–water partition coefficient (Wildman–Crippen LogP) is 2.59. The van der Waals surface area contributed by atoms with E-state index < -0.39 is 0 Å². The van der Waals surface area contributed by atoms with Gasteiger partial charge in [-0.25, -0.2) is 4.98 Å². The van der Waals surface area contributed by atoms with Gasteiger partial charge in [0.15, 0.2) is 0 Å². The van der Waals surface area contributed by atoms with Crippen LogP contribution < -0.4 is 5.32 Å². The van der Waals surface area contributed by atoms with E-state index in [1.165, 1.54) is 6.92 Å². The Kier molecular flexibility index (Phi) is 3.57. The fraction of sp³-hybridized carbons (Fsp3) is 0.250. The third-order valence-corrected chi connectivity index (χ3v) is 2.44. The molecule has 0 bridgehead atoms. The first-order chi connectivity index (χ1) is 6.13. The Morgan fingerprint density at radius 2 is 2.38 bits per heavy atom. The van der Waals surface area contributed by atoms with Gasteiger partial charge in [-0.3, -0.25) is 4.79 Å². The van der Waals surface area contributed by atoms with Crippen LogP contribution in [-0.4, -0.2) is 10.9 Å². The van der Waals surface area contributed by atoms with E-state index in [1.807, 2.05) is 13.0 Å². The quantitative estimate of drug-likeness (QED) is 0.827. The Morgan fingerprint density at radius 1 is 1.69 bits per heavy atom. The number of aryl methyl sites for hydroxylation is 1. The molecule has 0 unspecified atom stereocenters. The molecule has 0 atom stereocenters. The molecule has 1 N–H and O–H groups in total. The molecule has 1 heterocycles. The van der Waals surface area contributed by atoms with Crippen molar-refractivity contribution in [3.63, 3.8) is 0 Å². The van der Waals surface area contributed by atoms with Gasteiger partial charge in [0, 0.05) is 17.9 Å². The third-order valence-electron chi connectivity index (χ3n) is 1.42. The Balaban J connectivity index is 2.89. The van der Waals surface area contributed by atoms with Gasteiger partial charge in [0.25, 0.3) is 0 Å². The summed E-state index contributed by atoms with van der Waals surface area (Å²) in [6, 6.07) is 1.83. The second kappa shape index (κ2) is 4.48. The Bertz CT molecular complexity index is 330. The summed E-state index contributed by atoms with van der Waals surface area (Å²) in [5, 5.41) is 3.40. The number of carbonyl (C=O) groups excluding carboxylic acids is 1. The number of pyridine rings is 1. The van der Waals surface area contributed by atoms with E-state index in [-0.39, 0.29) is 5.91 Å². The summed E-state index contributed by atoms with van der Waals surface area (Å²) in [6.07, 6.45) is 1.58. The molecule has 0 aliphatic rings. The van der Waals surface area contributed by atoms with Crippen LogP contribution in [0.1, 0.15) is 12.5 Å². The topological polar surface area (TPSA) is 42.0 Å². The van der Waals surface area contributed by atoms with Crippen molar-refractivity contribution in [1.29, 1.82) is 0 Å². The van der Waals surface area contributed by atoms with Crippen LogP contribution in [-0.2, 0) is 4.79 Å². The maximum absolute atomic E-state index is 10.7. The zero-order valence-electron chi connectivity index (χ0n) is 7.30. The maximum Gasteiger partial charge on any atom is 0.221 e. The molecule has 0 spiro atoms. The van der Waals surface area contributed by atoms with Gasteiger partial charge in [-0.1, -0.05) is 0 Å². The fourth-order valence-electron chi connectivity index (χ4n) is 0.915. The first-order valence-electron chi connectivity index (χ1n) is 3.66. The lowest BCUT2D eigenvalue weighted by atomic mass is 10.3. The van der Waals surface area contributed by atoms with Gasteiger partial charge in [0.1, 0.15) is 5.03 Å². The highest BCUT2D eigenvalue weighted by Gasteiger charge is 2.01. The largest absolute Gasteiger partial charge is 0.325 e. The normalized spacial score (nSPS) is 9.77. The number of nitrogens with one attached hydrogen (secondary N) is 1. The average molecular weight is 217 g/mol. The summed E-state index contributed by atoms with van der Waals surface area (Å²) < 4.78 is 0. The van der Waals surface area contributed by atoms with Crippen molar-refractivity contribution < 1.29 is 4.79 Å². The zero-order valence-corrected chi connectivity index (χ0v) is 8.87. The highest BCUT2D eigenvalue weighted by molar-refractivity contribution is 8.21. The van der Waals surface area contributed by atoms with E-state index in [2.05, 4.69) is 10.3 Å². The minimum absolute atomic E-state index is 0.104. The molecule has 0 saturated heterocycles. The summed E-state index contributed by atoms with van der Waals surface area (Å²) in [7, 11) is 6.63. The molecule has 0 radical (unpaired) electrons. The molecule has 0 fully saturated rings. The van der Waals surface area contributed by atoms with Crippen molar-refractivity contribution in [2.45, 2.75) is 18.9 Å². The molecule has 0 aliphatic carbocycles. The molecular formula is C8H9ClN2OS. The summed E-state index contributed by atoms with van der Waals surface area (Å²) in [5.41, 5.74) is 1.64. The van der Waals surface area contributed by atoms with Crippen LogP contribution in [0, 0.1) is 6.92 Å². The van der Waals surface area contributed by atoms with E-state index in [9.17, 15) is 4.79 Å². The molecule has 70 valence electrons. The van der Waals surface area contributed by atoms with Gasteiger partial charge in [-0.2, -0.15) is 0 Å². The number of aromatic nitrogens is 1. The lowest BCUT2D eigenvalue weighted by Crippen LogP contribution is -2.06. The number of hydrogen-bond acceptors (Lipinski definition) is 3. The van der Waals surface area contributed by atoms with Gasteiger partial charge >= 0.3 is 0 Å². The molecule has 1 aromatic rings. The second-order valence-corrected chi connectivity index (χ2v) is 3.61. The SMILES string of the molecule is CC(=O)Nc1cnc(SCl)c(C)c1. The monoisotopic (exact) mass is 216 g/mol. The Hall–Kier alpha value is -0.740. The lowest BCUT2D eigenvalue weighted by molar-refractivity contribution is -0.114. The minimum Gasteiger partial charge on any atom is -0.325 e. The van der Waals surface area contributed by atoms with Gasteiger partial charge in [-0.05, 0) is 29.2 Å². The van der Waals surface area contributed by atoms with Gasteiger partial charge in [-0.15, -0.1) is 0 Å². The highest BCUT2D eigenvalue weighted by Crippen LogP contribution is 2.24. The number of anilines is 1. The van der Waals surface area contributed by atoms with Crippen molar-refractivity contribution in [2.75, 3.05) is 5.32 Å². The van der Waals surface area contributed by atoms with Gasteiger partial charge < -0.3 is 5.32 Å². The summed E-state index contributed by atoms with van der Waals surface area (Å²) in [4.78, 5) is 14.8. The Morgan fingerprint density at radius 3 is 2.85 bits per heavy atom. The van der Waals surface area contributed by atoms with E-state index in [0.717, 1.165) is 21.6 Å². The van der Waals surface area contributed by atoms with Crippen LogP contribution >= 0.6 is 21.7 Å². The number of rotatable bonds is 2. The molecule has 13 heavy (non-hydrogen) atoms. The van der Waals surface area contributed by atoms with Crippen molar-refractivity contribution in [1.82, 2.24) is 4.98 Å². The first-order valence-corrected chi connectivity index (χ1v) is 5.30. The van der Waals surface area contributed by atoms with Crippen molar-refractivity contribution in [3.8, 4) is 0 Å². The molecule has 3 nitrogen and oxygen atoms in total. The molecule has 0 aromatic carbocycles. The highest BCUT2D eigenvalue weighted by atomic mass is 35.7. The molecule has 1 amide bonds. The van der Waals surface area contributed by atoms with E-state index in [0.29, 0.717) is 5.69 Å². The fourth-order valence-corrected chi connectivity index (χ4v) is 1.67. The standard InChI is InChI=1S/C8H9ClN2OS/c1-5-3-7(11-6(2)12)4-10-8(5)13-9/h3-4H,1-2H3,(H,11,12). The molecule has 5 heteroatoms. The van der Waals surface area contributed by atoms with Crippen LogP contribution in [0.5, 0.6) is 0 Å². The first kappa shape index (κ1) is 10.3. The predicted molar refractivity (Wildman–Crippen MR) is 55.0 cm³/mol. The Labute approximate surface area is 85.4 Å². The number of halogens is 1. The number of hydrogen-bond donors (Lipinski definition) is 1. The van der Waals surface area contributed by atoms with E-state index in [4.69, 9.17) is 10.7 Å². The summed E-state index contributed by atoms with van der Waals surface area (Å²) >= 11 is 0. The van der Waals surface area contributed by atoms with Gasteiger partial charge in [0.05, 0.1) is 11.9 Å². The van der Waals surface area contributed by atoms with Crippen LogP contribution in [0.25, 0.3) is 0 Å². The lowest BCUT2D eigenvalue weighted by Gasteiger charge is -2.04. The maximum atomic E-state index is 10.7.